The molecule has 0 fully saturated rings. The van der Waals surface area contributed by atoms with Gasteiger partial charge >= 0.3 is 12.4 Å². The van der Waals surface area contributed by atoms with Gasteiger partial charge in [0.1, 0.15) is 0 Å². The number of hydrogen-bond donors (Lipinski definition) is 0. The quantitative estimate of drug-likeness (QED) is 0.541. The van der Waals surface area contributed by atoms with E-state index in [1.807, 2.05) is 0 Å². The lowest BCUT2D eigenvalue weighted by Crippen LogP contribution is -2.42. The van der Waals surface area contributed by atoms with Gasteiger partial charge in [0, 0.05) is 0 Å². The maximum absolute atomic E-state index is 11.9. The van der Waals surface area contributed by atoms with Crippen LogP contribution in [-0.4, -0.2) is 24.0 Å². The van der Waals surface area contributed by atoms with Crippen LogP contribution >= 0.6 is 12.2 Å². The average Bonchev–Trinajstić information content (AvgIpc) is 1.78. The van der Waals surface area contributed by atoms with E-state index in [0.717, 1.165) is 0 Å². The largest absolute Gasteiger partial charge is 0.486 e. The molecule has 0 spiro atoms. The number of rotatable bonds is 2. The van der Waals surface area contributed by atoms with Crippen LogP contribution < -0.4 is 0 Å². The smallest absolute Gasteiger partial charge is 0.408 e. The van der Waals surface area contributed by atoms with Crippen LogP contribution in [0.3, 0.4) is 0 Å². The van der Waals surface area contributed by atoms with Crippen LogP contribution in [0, 0.1) is 5.92 Å². The van der Waals surface area contributed by atoms with Crippen molar-refractivity contribution >= 4 is 17.3 Å². The van der Waals surface area contributed by atoms with E-state index in [0.29, 0.717) is 0 Å². The molecule has 0 rings (SSSR count). The fraction of sp³-hybridized carbons (Fsp3) is 0.833. The first-order chi connectivity index (χ1) is 6.10. The van der Waals surface area contributed by atoms with E-state index in [9.17, 15) is 26.3 Å². The first-order valence-electron chi connectivity index (χ1n) is 3.40. The number of thiocarbonyl (C=S) groups is 1. The third-order valence-corrected chi connectivity index (χ3v) is 1.53. The molecule has 0 unspecified atom stereocenters. The fourth-order valence-corrected chi connectivity index (χ4v) is 1.06. The van der Waals surface area contributed by atoms with Crippen molar-refractivity contribution in [2.45, 2.75) is 19.3 Å². The molecule has 14 heavy (non-hydrogen) atoms. The minimum absolute atomic E-state index is 0.332. The summed E-state index contributed by atoms with van der Waals surface area (Å²) in [6.07, 6.45) is -10.9. The summed E-state index contributed by atoms with van der Waals surface area (Å²) in [7, 11) is 0. The summed E-state index contributed by atoms with van der Waals surface area (Å²) in [5.41, 5.74) is 0. The fourth-order valence-electron chi connectivity index (χ4n) is 0.678. The molecule has 0 heterocycles. The predicted octanol–water partition coefficient (Wildman–Crippen LogP) is 3.09. The van der Waals surface area contributed by atoms with Crippen molar-refractivity contribution in [3.63, 3.8) is 0 Å². The molecule has 0 N–H and O–H groups in total. The van der Waals surface area contributed by atoms with E-state index in [-0.39, 0.29) is 6.61 Å². The summed E-state index contributed by atoms with van der Waals surface area (Å²) in [6, 6.07) is 0. The molecule has 0 aromatic rings. The Bertz CT molecular complexity index is 193. The molecule has 0 aromatic heterocycles. The van der Waals surface area contributed by atoms with Gasteiger partial charge in [-0.2, -0.15) is 26.3 Å². The van der Waals surface area contributed by atoms with Crippen LogP contribution in [0.25, 0.3) is 0 Å². The third-order valence-electron chi connectivity index (χ3n) is 1.18. The minimum Gasteiger partial charge on any atom is -0.486 e. The number of halogens is 6. The van der Waals surface area contributed by atoms with Gasteiger partial charge in [-0.3, -0.25) is 0 Å². The van der Waals surface area contributed by atoms with Gasteiger partial charge in [0.15, 0.2) is 5.05 Å². The van der Waals surface area contributed by atoms with E-state index in [4.69, 9.17) is 0 Å². The SMILES string of the molecule is CCOC(=S)C(C(F)(F)F)C(F)(F)F. The molecule has 0 aliphatic carbocycles. The second-order valence-electron chi connectivity index (χ2n) is 2.27. The summed E-state index contributed by atoms with van der Waals surface area (Å²) in [6.45, 7) is 0.914. The molecule has 0 amide bonds. The summed E-state index contributed by atoms with van der Waals surface area (Å²) in [5, 5.41) is -1.49. The molecule has 8 heteroatoms. The first kappa shape index (κ1) is 13.5. The van der Waals surface area contributed by atoms with Gasteiger partial charge < -0.3 is 4.74 Å². The van der Waals surface area contributed by atoms with Gasteiger partial charge in [-0.15, -0.1) is 0 Å². The molecule has 0 aliphatic rings. The van der Waals surface area contributed by atoms with Crippen molar-refractivity contribution < 1.29 is 31.1 Å². The van der Waals surface area contributed by atoms with Crippen molar-refractivity contribution in [2.24, 2.45) is 5.92 Å². The van der Waals surface area contributed by atoms with E-state index in [2.05, 4.69) is 17.0 Å². The highest BCUT2D eigenvalue weighted by molar-refractivity contribution is 7.80. The van der Waals surface area contributed by atoms with Crippen LogP contribution in [-0.2, 0) is 4.74 Å². The molecule has 0 atom stereocenters. The summed E-state index contributed by atoms with van der Waals surface area (Å²) in [4.78, 5) is 0. The molecule has 0 aliphatic heterocycles. The zero-order valence-corrected chi connectivity index (χ0v) is 7.69. The Morgan fingerprint density at radius 3 is 1.71 bits per heavy atom. The van der Waals surface area contributed by atoms with E-state index >= 15 is 0 Å². The van der Waals surface area contributed by atoms with Crippen molar-refractivity contribution in [3.8, 4) is 0 Å². The average molecular weight is 240 g/mol. The normalized spacial score (nSPS) is 13.1. The Kier molecular flexibility index (Phi) is 4.16. The highest BCUT2D eigenvalue weighted by Crippen LogP contribution is 2.40. The summed E-state index contributed by atoms with van der Waals surface area (Å²) in [5.74, 6) is -3.69. The molecular formula is C6H6F6OS. The van der Waals surface area contributed by atoms with Crippen molar-refractivity contribution in [3.05, 3.63) is 0 Å². The maximum atomic E-state index is 11.9. The Morgan fingerprint density at radius 2 is 1.50 bits per heavy atom. The highest BCUT2D eigenvalue weighted by atomic mass is 32.1. The third kappa shape index (κ3) is 3.69. The standard InChI is InChI=1S/C6H6F6OS/c1-2-13-4(14)3(5(7,8)9)6(10,11)12/h3H,2H2,1H3. The summed E-state index contributed by atoms with van der Waals surface area (Å²) < 4.78 is 75.5. The van der Waals surface area contributed by atoms with Gasteiger partial charge in [0.2, 0.25) is 5.92 Å². The first-order valence-corrected chi connectivity index (χ1v) is 3.81. The lowest BCUT2D eigenvalue weighted by molar-refractivity contribution is -0.263. The Balaban J connectivity index is 4.84. The topological polar surface area (TPSA) is 9.23 Å². The molecule has 0 radical (unpaired) electrons. The monoisotopic (exact) mass is 240 g/mol. The highest BCUT2D eigenvalue weighted by Gasteiger charge is 2.60. The Hall–Kier alpha value is -0.530. The van der Waals surface area contributed by atoms with Crippen LogP contribution in [0.1, 0.15) is 6.92 Å². The van der Waals surface area contributed by atoms with Crippen LogP contribution in [0.5, 0.6) is 0 Å². The van der Waals surface area contributed by atoms with Gasteiger partial charge in [0.05, 0.1) is 6.61 Å². The Labute approximate surface area is 81.0 Å². The van der Waals surface area contributed by atoms with Gasteiger partial charge in [0.25, 0.3) is 0 Å². The van der Waals surface area contributed by atoms with Gasteiger partial charge in [-0.05, 0) is 19.1 Å². The predicted molar refractivity (Wildman–Crippen MR) is 39.8 cm³/mol. The van der Waals surface area contributed by atoms with Crippen molar-refractivity contribution in [2.75, 3.05) is 6.61 Å². The molecule has 0 saturated heterocycles. The van der Waals surface area contributed by atoms with Gasteiger partial charge in [-0.25, -0.2) is 0 Å². The van der Waals surface area contributed by atoms with Crippen LogP contribution in [0.15, 0.2) is 0 Å². The Morgan fingerprint density at radius 1 is 1.14 bits per heavy atom. The van der Waals surface area contributed by atoms with E-state index < -0.39 is 23.3 Å². The van der Waals surface area contributed by atoms with E-state index in [1.54, 1.807) is 0 Å². The van der Waals surface area contributed by atoms with Crippen LogP contribution in [0.2, 0.25) is 0 Å². The number of ether oxygens (including phenoxy) is 1. The minimum atomic E-state index is -5.47. The summed E-state index contributed by atoms with van der Waals surface area (Å²) >= 11 is 3.91. The molecule has 0 saturated carbocycles. The van der Waals surface area contributed by atoms with Crippen molar-refractivity contribution in [1.29, 1.82) is 0 Å². The number of alkyl halides is 6. The second-order valence-corrected chi connectivity index (χ2v) is 2.67. The molecule has 0 aromatic carbocycles. The van der Waals surface area contributed by atoms with Gasteiger partial charge in [-0.1, -0.05) is 0 Å². The second kappa shape index (κ2) is 4.33. The lowest BCUT2D eigenvalue weighted by atomic mass is 10.1. The van der Waals surface area contributed by atoms with E-state index in [1.165, 1.54) is 6.92 Å². The number of hydrogen-bond acceptors (Lipinski definition) is 2. The lowest BCUT2D eigenvalue weighted by Gasteiger charge is -2.22. The molecular weight excluding hydrogens is 234 g/mol. The van der Waals surface area contributed by atoms with Crippen molar-refractivity contribution in [1.82, 2.24) is 0 Å². The molecule has 0 bridgehead atoms. The maximum Gasteiger partial charge on any atom is 0.408 e. The zero-order valence-electron chi connectivity index (χ0n) is 6.87. The van der Waals surface area contributed by atoms with Crippen LogP contribution in [0.4, 0.5) is 26.3 Å². The zero-order chi connectivity index (χ0) is 11.6. The molecule has 1 nitrogen and oxygen atoms in total. The molecule has 84 valence electrons.